The summed E-state index contributed by atoms with van der Waals surface area (Å²) in [6.07, 6.45) is -1.15. The summed E-state index contributed by atoms with van der Waals surface area (Å²) < 4.78 is 35.0. The fourth-order valence-corrected chi connectivity index (χ4v) is 3.99. The van der Waals surface area contributed by atoms with Crippen molar-refractivity contribution in [1.29, 1.82) is 0 Å². The first kappa shape index (κ1) is 18.0. The van der Waals surface area contributed by atoms with Gasteiger partial charge in [-0.3, -0.25) is 4.79 Å². The number of ether oxygens (including phenoxy) is 1. The van der Waals surface area contributed by atoms with Crippen LogP contribution in [0.5, 0.6) is 0 Å². The number of ketones is 1. The zero-order valence-corrected chi connectivity index (χ0v) is 15.4. The maximum Gasteiger partial charge on any atom is 0.313 e. The number of fused-ring (bicyclic) bond motifs is 1. The van der Waals surface area contributed by atoms with Crippen LogP contribution in [0.3, 0.4) is 0 Å². The van der Waals surface area contributed by atoms with Crippen molar-refractivity contribution in [3.05, 3.63) is 89.6 Å². The molecule has 7 nitrogen and oxygen atoms in total. The van der Waals surface area contributed by atoms with Gasteiger partial charge in [0.15, 0.2) is 0 Å². The number of rotatable bonds is 5. The topological polar surface area (TPSA) is 109 Å². The molecule has 8 heteroatoms. The Labute approximate surface area is 161 Å². The van der Waals surface area contributed by atoms with Crippen molar-refractivity contribution in [2.45, 2.75) is 11.9 Å². The number of hydrogen-bond donors (Lipinski definition) is 1. The minimum atomic E-state index is -4.08. The van der Waals surface area contributed by atoms with Gasteiger partial charge in [0, 0.05) is 5.39 Å². The van der Waals surface area contributed by atoms with Gasteiger partial charge >= 0.3 is 10.1 Å². The summed E-state index contributed by atoms with van der Waals surface area (Å²) in [5.41, 5.74) is 7.26. The van der Waals surface area contributed by atoms with Crippen LogP contribution in [0.15, 0.2) is 78.4 Å². The SMILES string of the molecule is NC1=C(OS(=O)(=O)Cc2ccccc2)C(=O)C(c2ccc3ccccc3n2)O1. The molecule has 2 aromatic carbocycles. The van der Waals surface area contributed by atoms with Crippen LogP contribution in [-0.4, -0.2) is 19.2 Å². The molecule has 1 atom stereocenters. The van der Waals surface area contributed by atoms with E-state index in [9.17, 15) is 13.2 Å². The van der Waals surface area contributed by atoms with E-state index in [1.54, 1.807) is 48.5 Å². The van der Waals surface area contributed by atoms with E-state index in [1.807, 2.05) is 18.2 Å². The fraction of sp³-hybridized carbons (Fsp3) is 0.100. The lowest BCUT2D eigenvalue weighted by atomic mass is 10.1. The van der Waals surface area contributed by atoms with Crippen molar-refractivity contribution >= 4 is 26.8 Å². The Hall–Kier alpha value is -3.39. The van der Waals surface area contributed by atoms with Crippen molar-refractivity contribution < 1.29 is 22.1 Å². The van der Waals surface area contributed by atoms with Crippen LogP contribution in [0.2, 0.25) is 0 Å². The fourth-order valence-electron chi connectivity index (χ4n) is 2.91. The Balaban J connectivity index is 1.56. The summed E-state index contributed by atoms with van der Waals surface area (Å²) in [7, 11) is -4.08. The van der Waals surface area contributed by atoms with E-state index in [2.05, 4.69) is 4.98 Å². The molecular weight excluding hydrogens is 380 g/mol. The minimum absolute atomic E-state index is 0.325. The molecule has 3 aromatic rings. The number of nitrogens with zero attached hydrogens (tertiary/aromatic N) is 1. The summed E-state index contributed by atoms with van der Waals surface area (Å²) in [6.45, 7) is 0. The third-order valence-electron chi connectivity index (χ3n) is 4.22. The highest BCUT2D eigenvalue weighted by Crippen LogP contribution is 2.32. The molecule has 0 bridgehead atoms. The average Bonchev–Trinajstić information content (AvgIpc) is 2.96. The van der Waals surface area contributed by atoms with Gasteiger partial charge < -0.3 is 14.7 Å². The molecule has 2 N–H and O–H groups in total. The number of carbonyl (C=O) groups is 1. The van der Waals surface area contributed by atoms with Gasteiger partial charge in [-0.2, -0.15) is 8.42 Å². The summed E-state index contributed by atoms with van der Waals surface area (Å²) in [6, 6.07) is 19.3. The van der Waals surface area contributed by atoms with Gasteiger partial charge in [0.05, 0.1) is 11.2 Å². The minimum Gasteiger partial charge on any atom is -0.458 e. The molecule has 1 aliphatic heterocycles. The van der Waals surface area contributed by atoms with E-state index in [0.29, 0.717) is 16.8 Å². The van der Waals surface area contributed by atoms with E-state index < -0.39 is 33.5 Å². The second-order valence-corrected chi connectivity index (χ2v) is 7.83. The monoisotopic (exact) mass is 396 g/mol. The molecule has 4 rings (SSSR count). The number of Topliss-reactive ketones (excluding diaryl/α,β-unsaturated/α-hetero) is 1. The average molecular weight is 396 g/mol. The number of carbonyl (C=O) groups excluding carboxylic acids is 1. The van der Waals surface area contributed by atoms with Crippen LogP contribution >= 0.6 is 0 Å². The maximum atomic E-state index is 12.7. The van der Waals surface area contributed by atoms with E-state index in [1.165, 1.54) is 0 Å². The molecule has 0 aliphatic carbocycles. The van der Waals surface area contributed by atoms with E-state index in [4.69, 9.17) is 14.7 Å². The Morgan fingerprint density at radius 2 is 1.71 bits per heavy atom. The van der Waals surface area contributed by atoms with Crippen molar-refractivity contribution in [3.63, 3.8) is 0 Å². The molecule has 2 heterocycles. The molecule has 0 fully saturated rings. The van der Waals surface area contributed by atoms with Gasteiger partial charge in [-0.15, -0.1) is 0 Å². The van der Waals surface area contributed by atoms with E-state index >= 15 is 0 Å². The maximum absolute atomic E-state index is 12.7. The lowest BCUT2D eigenvalue weighted by Crippen LogP contribution is -2.16. The zero-order valence-electron chi connectivity index (χ0n) is 14.6. The Morgan fingerprint density at radius 1 is 1.00 bits per heavy atom. The lowest BCUT2D eigenvalue weighted by molar-refractivity contribution is -0.123. The van der Waals surface area contributed by atoms with Crippen LogP contribution in [0.1, 0.15) is 17.4 Å². The number of hydrogen-bond acceptors (Lipinski definition) is 7. The standard InChI is InChI=1S/C20H16N2O5S/c21-20-19(27-28(24,25)12-13-6-2-1-3-7-13)17(23)18(26-20)16-11-10-14-8-4-5-9-15(14)22-16/h1-11,18H,12,21H2. The van der Waals surface area contributed by atoms with Crippen molar-refractivity contribution in [2.24, 2.45) is 5.73 Å². The number of para-hydroxylation sites is 1. The van der Waals surface area contributed by atoms with Crippen molar-refractivity contribution in [3.8, 4) is 0 Å². The zero-order chi connectivity index (χ0) is 19.7. The smallest absolute Gasteiger partial charge is 0.313 e. The van der Waals surface area contributed by atoms with E-state index in [-0.39, 0.29) is 5.88 Å². The quantitative estimate of drug-likeness (QED) is 0.660. The highest BCUT2D eigenvalue weighted by atomic mass is 32.2. The predicted molar refractivity (Wildman–Crippen MR) is 102 cm³/mol. The molecule has 1 unspecified atom stereocenters. The van der Waals surface area contributed by atoms with Crippen LogP contribution in [0.4, 0.5) is 0 Å². The molecule has 1 aliphatic rings. The highest BCUT2D eigenvalue weighted by molar-refractivity contribution is 7.86. The Morgan fingerprint density at radius 3 is 2.50 bits per heavy atom. The normalized spacial score (nSPS) is 17.0. The molecule has 142 valence electrons. The first-order valence-electron chi connectivity index (χ1n) is 8.45. The number of aromatic nitrogens is 1. The Kier molecular flexibility index (Phi) is 4.48. The molecule has 1 aromatic heterocycles. The van der Waals surface area contributed by atoms with Gasteiger partial charge in [0.1, 0.15) is 5.75 Å². The molecule has 0 spiro atoms. The first-order chi connectivity index (χ1) is 13.4. The molecular formula is C20H16N2O5S. The van der Waals surface area contributed by atoms with Crippen LogP contribution in [0, 0.1) is 0 Å². The van der Waals surface area contributed by atoms with Gasteiger partial charge in [-0.1, -0.05) is 54.6 Å². The molecule has 0 saturated carbocycles. The molecule has 28 heavy (non-hydrogen) atoms. The largest absolute Gasteiger partial charge is 0.458 e. The third kappa shape index (κ3) is 3.54. The van der Waals surface area contributed by atoms with Crippen LogP contribution in [-0.2, 0) is 29.6 Å². The third-order valence-corrected chi connectivity index (χ3v) is 5.32. The van der Waals surface area contributed by atoms with Gasteiger partial charge in [0.2, 0.25) is 17.7 Å². The van der Waals surface area contributed by atoms with Crippen molar-refractivity contribution in [2.75, 3.05) is 0 Å². The summed E-state index contributed by atoms with van der Waals surface area (Å²) in [4.78, 5) is 17.1. The predicted octanol–water partition coefficient (Wildman–Crippen LogP) is 2.55. The summed E-state index contributed by atoms with van der Waals surface area (Å²) >= 11 is 0. The van der Waals surface area contributed by atoms with Gasteiger partial charge in [-0.05, 0) is 17.7 Å². The summed E-state index contributed by atoms with van der Waals surface area (Å²) in [5.74, 6) is -1.97. The first-order valence-corrected chi connectivity index (χ1v) is 10.0. The number of nitrogens with two attached hydrogens (primary N) is 1. The highest BCUT2D eigenvalue weighted by Gasteiger charge is 2.40. The van der Waals surface area contributed by atoms with Crippen molar-refractivity contribution in [1.82, 2.24) is 4.98 Å². The molecule has 0 saturated heterocycles. The lowest BCUT2D eigenvalue weighted by Gasteiger charge is -2.10. The van der Waals surface area contributed by atoms with E-state index in [0.717, 1.165) is 5.39 Å². The number of pyridine rings is 1. The van der Waals surface area contributed by atoms with Crippen LogP contribution < -0.4 is 5.73 Å². The second kappa shape index (κ2) is 6.97. The molecule has 0 radical (unpaired) electrons. The Bertz CT molecular complexity index is 1190. The number of benzene rings is 2. The summed E-state index contributed by atoms with van der Waals surface area (Å²) in [5, 5.41) is 0.902. The second-order valence-electron chi connectivity index (χ2n) is 6.26. The molecule has 0 amide bonds. The van der Waals surface area contributed by atoms with Gasteiger partial charge in [-0.25, -0.2) is 4.98 Å². The van der Waals surface area contributed by atoms with Crippen LogP contribution in [0.25, 0.3) is 10.9 Å². The van der Waals surface area contributed by atoms with Gasteiger partial charge in [0.25, 0.3) is 5.78 Å².